The predicted octanol–water partition coefficient (Wildman–Crippen LogP) is 2.43. The molecule has 0 amide bonds. The van der Waals surface area contributed by atoms with Crippen LogP contribution in [0.5, 0.6) is 11.5 Å². The van der Waals surface area contributed by atoms with E-state index in [1.54, 1.807) is 14.2 Å². The lowest BCUT2D eigenvalue weighted by molar-refractivity contribution is 0.247. The summed E-state index contributed by atoms with van der Waals surface area (Å²) in [7, 11) is 3.33. The van der Waals surface area contributed by atoms with Crippen LogP contribution in [0.2, 0.25) is 0 Å². The summed E-state index contributed by atoms with van der Waals surface area (Å²) >= 11 is 0. The minimum absolute atomic E-state index is 0.0383. The van der Waals surface area contributed by atoms with E-state index < -0.39 is 0 Å². The molecule has 1 saturated heterocycles. The van der Waals surface area contributed by atoms with Gasteiger partial charge in [0.05, 0.1) is 14.2 Å². The zero-order valence-electron chi connectivity index (χ0n) is 12.9. The Morgan fingerprint density at radius 3 is 2.60 bits per heavy atom. The highest BCUT2D eigenvalue weighted by Gasteiger charge is 2.28. The van der Waals surface area contributed by atoms with Crippen LogP contribution in [0.1, 0.15) is 31.9 Å². The highest BCUT2D eigenvalue weighted by molar-refractivity contribution is 5.42. The first-order chi connectivity index (χ1) is 9.55. The maximum atomic E-state index is 6.39. The van der Waals surface area contributed by atoms with Crippen molar-refractivity contribution in [2.75, 3.05) is 27.3 Å². The molecule has 0 aliphatic carbocycles. The molecule has 1 fully saturated rings. The maximum absolute atomic E-state index is 6.39. The summed E-state index contributed by atoms with van der Waals surface area (Å²) in [5.74, 6) is 2.35. The second-order valence-electron chi connectivity index (χ2n) is 5.86. The average molecular weight is 278 g/mol. The van der Waals surface area contributed by atoms with E-state index in [1.807, 2.05) is 18.2 Å². The molecular weight excluding hydrogens is 252 g/mol. The number of nitrogens with two attached hydrogens (primary N) is 1. The number of methoxy groups -OCH3 is 2. The van der Waals surface area contributed by atoms with Gasteiger partial charge in [0.1, 0.15) is 11.5 Å². The largest absolute Gasteiger partial charge is 0.497 e. The fraction of sp³-hybridized carbons (Fsp3) is 0.625. The fourth-order valence-corrected chi connectivity index (χ4v) is 3.12. The average Bonchev–Trinajstić information content (AvgIpc) is 2.75. The van der Waals surface area contributed by atoms with Crippen molar-refractivity contribution in [3.05, 3.63) is 23.8 Å². The van der Waals surface area contributed by atoms with Gasteiger partial charge in [-0.3, -0.25) is 4.90 Å². The van der Waals surface area contributed by atoms with Crippen molar-refractivity contribution in [3.8, 4) is 11.5 Å². The van der Waals surface area contributed by atoms with E-state index in [0.29, 0.717) is 6.04 Å². The molecule has 1 aliphatic rings. The summed E-state index contributed by atoms with van der Waals surface area (Å²) in [6.45, 7) is 6.58. The van der Waals surface area contributed by atoms with Gasteiger partial charge in [-0.1, -0.05) is 13.0 Å². The molecule has 4 heteroatoms. The van der Waals surface area contributed by atoms with Crippen molar-refractivity contribution in [2.24, 2.45) is 11.7 Å². The number of rotatable bonds is 5. The molecule has 0 saturated carbocycles. The van der Waals surface area contributed by atoms with E-state index in [-0.39, 0.29) is 6.04 Å². The number of hydrogen-bond donors (Lipinski definition) is 1. The molecule has 112 valence electrons. The summed E-state index contributed by atoms with van der Waals surface area (Å²) in [6.07, 6.45) is 1.26. The molecule has 0 spiro atoms. The molecule has 2 rings (SSSR count). The Hall–Kier alpha value is -1.26. The lowest BCUT2D eigenvalue weighted by Gasteiger charge is -2.26. The lowest BCUT2D eigenvalue weighted by atomic mass is 10.1. The second-order valence-corrected chi connectivity index (χ2v) is 5.86. The van der Waals surface area contributed by atoms with Gasteiger partial charge in [0.15, 0.2) is 0 Å². The van der Waals surface area contributed by atoms with Gasteiger partial charge >= 0.3 is 0 Å². The Bertz CT molecular complexity index is 450. The van der Waals surface area contributed by atoms with E-state index >= 15 is 0 Å². The minimum atomic E-state index is -0.0383. The van der Waals surface area contributed by atoms with Crippen LogP contribution in [0.25, 0.3) is 0 Å². The first kappa shape index (κ1) is 15.1. The van der Waals surface area contributed by atoms with Crippen LogP contribution in [-0.2, 0) is 0 Å². The summed E-state index contributed by atoms with van der Waals surface area (Å²) in [6, 6.07) is 6.41. The molecule has 2 N–H and O–H groups in total. The van der Waals surface area contributed by atoms with Crippen molar-refractivity contribution in [2.45, 2.75) is 32.4 Å². The van der Waals surface area contributed by atoms with Gasteiger partial charge in [0.25, 0.3) is 0 Å². The van der Waals surface area contributed by atoms with Crippen LogP contribution < -0.4 is 15.2 Å². The Balaban J connectivity index is 2.10. The first-order valence-electron chi connectivity index (χ1n) is 7.26. The van der Waals surface area contributed by atoms with Crippen LogP contribution >= 0.6 is 0 Å². The zero-order valence-corrected chi connectivity index (χ0v) is 12.9. The van der Waals surface area contributed by atoms with Gasteiger partial charge in [0, 0.05) is 36.8 Å². The Morgan fingerprint density at radius 2 is 2.05 bits per heavy atom. The standard InChI is InChI=1S/C16H26N2O2/c1-11-7-12(2)18(9-11)10-15(17)14-6-5-13(19-3)8-16(14)20-4/h5-6,8,11-12,15H,7,9-10,17H2,1-4H3. The molecule has 1 aromatic rings. The lowest BCUT2D eigenvalue weighted by Crippen LogP contribution is -2.34. The van der Waals surface area contributed by atoms with Crippen molar-refractivity contribution < 1.29 is 9.47 Å². The third-order valence-electron chi connectivity index (χ3n) is 4.18. The van der Waals surface area contributed by atoms with Gasteiger partial charge in [0.2, 0.25) is 0 Å². The smallest absolute Gasteiger partial charge is 0.127 e. The second kappa shape index (κ2) is 6.46. The van der Waals surface area contributed by atoms with E-state index in [4.69, 9.17) is 15.2 Å². The highest BCUT2D eigenvalue weighted by Crippen LogP contribution is 2.31. The molecule has 1 aromatic carbocycles. The normalized spacial score (nSPS) is 24.6. The van der Waals surface area contributed by atoms with Crippen molar-refractivity contribution in [1.29, 1.82) is 0 Å². The molecule has 0 aromatic heterocycles. The third-order valence-corrected chi connectivity index (χ3v) is 4.18. The minimum Gasteiger partial charge on any atom is -0.497 e. The molecule has 20 heavy (non-hydrogen) atoms. The fourth-order valence-electron chi connectivity index (χ4n) is 3.12. The quantitative estimate of drug-likeness (QED) is 0.898. The maximum Gasteiger partial charge on any atom is 0.127 e. The van der Waals surface area contributed by atoms with Crippen LogP contribution in [0, 0.1) is 5.92 Å². The van der Waals surface area contributed by atoms with E-state index in [1.165, 1.54) is 6.42 Å². The molecule has 1 heterocycles. The van der Waals surface area contributed by atoms with Crippen LogP contribution in [0.4, 0.5) is 0 Å². The molecule has 4 nitrogen and oxygen atoms in total. The zero-order chi connectivity index (χ0) is 14.7. The number of likely N-dealkylation sites (tertiary alicyclic amines) is 1. The molecular formula is C16H26N2O2. The van der Waals surface area contributed by atoms with Gasteiger partial charge in [-0.05, 0) is 25.3 Å². The van der Waals surface area contributed by atoms with Crippen molar-refractivity contribution >= 4 is 0 Å². The van der Waals surface area contributed by atoms with Crippen LogP contribution in [0.15, 0.2) is 18.2 Å². The summed E-state index contributed by atoms with van der Waals surface area (Å²) in [4.78, 5) is 2.47. The number of hydrogen-bond acceptors (Lipinski definition) is 4. The third kappa shape index (κ3) is 3.25. The summed E-state index contributed by atoms with van der Waals surface area (Å²) in [5.41, 5.74) is 7.43. The van der Waals surface area contributed by atoms with Gasteiger partial charge in [-0.25, -0.2) is 0 Å². The Labute approximate surface area is 121 Å². The SMILES string of the molecule is COc1ccc(C(N)CN2CC(C)CC2C)c(OC)c1. The predicted molar refractivity (Wildman–Crippen MR) is 81.3 cm³/mol. The molecule has 0 radical (unpaired) electrons. The summed E-state index contributed by atoms with van der Waals surface area (Å²) in [5, 5.41) is 0. The van der Waals surface area contributed by atoms with Crippen LogP contribution in [-0.4, -0.2) is 38.3 Å². The number of ether oxygens (including phenoxy) is 2. The monoisotopic (exact) mass is 278 g/mol. The van der Waals surface area contributed by atoms with E-state index in [0.717, 1.165) is 36.1 Å². The number of nitrogens with zero attached hydrogens (tertiary/aromatic N) is 1. The topological polar surface area (TPSA) is 47.7 Å². The van der Waals surface area contributed by atoms with E-state index in [2.05, 4.69) is 18.7 Å². The van der Waals surface area contributed by atoms with Crippen molar-refractivity contribution in [3.63, 3.8) is 0 Å². The van der Waals surface area contributed by atoms with Crippen molar-refractivity contribution in [1.82, 2.24) is 4.90 Å². The number of benzene rings is 1. The van der Waals surface area contributed by atoms with Gasteiger partial charge in [-0.2, -0.15) is 0 Å². The van der Waals surface area contributed by atoms with E-state index in [9.17, 15) is 0 Å². The van der Waals surface area contributed by atoms with Crippen LogP contribution in [0.3, 0.4) is 0 Å². The Kier molecular flexibility index (Phi) is 4.89. The first-order valence-corrected chi connectivity index (χ1v) is 7.26. The van der Waals surface area contributed by atoms with Gasteiger partial charge in [-0.15, -0.1) is 0 Å². The molecule has 1 aliphatic heterocycles. The Morgan fingerprint density at radius 1 is 1.30 bits per heavy atom. The molecule has 3 unspecified atom stereocenters. The summed E-state index contributed by atoms with van der Waals surface area (Å²) < 4.78 is 10.7. The molecule has 3 atom stereocenters. The van der Waals surface area contributed by atoms with Gasteiger partial charge < -0.3 is 15.2 Å². The highest BCUT2D eigenvalue weighted by atomic mass is 16.5. The molecule has 0 bridgehead atoms.